The van der Waals surface area contributed by atoms with Crippen LogP contribution >= 0.6 is 0 Å². The molecule has 0 bridgehead atoms. The minimum Gasteiger partial charge on any atom is -0.481 e. The summed E-state index contributed by atoms with van der Waals surface area (Å²) in [5.74, 6) is 0.0637. The molecule has 0 spiro atoms. The predicted molar refractivity (Wildman–Crippen MR) is 158 cm³/mol. The van der Waals surface area contributed by atoms with Crippen molar-refractivity contribution in [3.63, 3.8) is 0 Å². The average molecular weight is 560 g/mol. The lowest BCUT2D eigenvalue weighted by Gasteiger charge is -2.35. The van der Waals surface area contributed by atoms with Crippen LogP contribution in [0.2, 0.25) is 0 Å². The maximum absolute atomic E-state index is 12.3. The van der Waals surface area contributed by atoms with Gasteiger partial charge in [-0.25, -0.2) is 4.98 Å². The molecule has 0 aromatic carbocycles. The number of hydrogen-bond donors (Lipinski definition) is 3. The SMILES string of the molecule is C=N/C(=C\N(C)C(C(C)=O)C(C)(C)C)C1CC1.CCC(O)CC(C)C(=O)NC(CC(N)=O)c1ccc(OC)nc1. The number of ketones is 1. The number of nitrogens with zero attached hydrogens (tertiary/aromatic N) is 3. The number of aromatic nitrogens is 1. The minimum absolute atomic E-state index is 0.0250. The summed E-state index contributed by atoms with van der Waals surface area (Å²) in [6.45, 7) is 15.1. The molecule has 40 heavy (non-hydrogen) atoms. The van der Waals surface area contributed by atoms with Gasteiger partial charge in [0.1, 0.15) is 0 Å². The summed E-state index contributed by atoms with van der Waals surface area (Å²) >= 11 is 0. The fourth-order valence-corrected chi connectivity index (χ4v) is 4.61. The molecule has 10 heteroatoms. The summed E-state index contributed by atoms with van der Waals surface area (Å²) in [4.78, 5) is 45.4. The van der Waals surface area contributed by atoms with Crippen molar-refractivity contribution < 1.29 is 24.2 Å². The van der Waals surface area contributed by atoms with Crippen molar-refractivity contribution in [1.82, 2.24) is 15.2 Å². The number of methoxy groups -OCH3 is 1. The number of hydrogen-bond acceptors (Lipinski definition) is 8. The largest absolute Gasteiger partial charge is 0.481 e. The van der Waals surface area contributed by atoms with Crippen LogP contribution in [0.5, 0.6) is 5.88 Å². The van der Waals surface area contributed by atoms with Crippen molar-refractivity contribution in [2.45, 2.75) is 91.8 Å². The number of likely N-dealkylation sites (N-methyl/N-ethyl adjacent to an activating group) is 1. The number of ether oxygens (including phenoxy) is 1. The van der Waals surface area contributed by atoms with E-state index < -0.39 is 18.1 Å². The zero-order valence-corrected chi connectivity index (χ0v) is 25.4. The quantitative estimate of drug-likeness (QED) is 0.294. The number of amides is 2. The first-order chi connectivity index (χ1) is 18.6. The Hall–Kier alpha value is -3.27. The lowest BCUT2D eigenvalue weighted by atomic mass is 9.83. The predicted octanol–water partition coefficient (Wildman–Crippen LogP) is 3.79. The van der Waals surface area contributed by atoms with Gasteiger partial charge in [-0.3, -0.25) is 19.4 Å². The summed E-state index contributed by atoms with van der Waals surface area (Å²) < 4.78 is 4.99. The van der Waals surface area contributed by atoms with E-state index in [1.54, 1.807) is 26.0 Å². The molecule has 1 aromatic rings. The second kappa shape index (κ2) is 16.1. The van der Waals surface area contributed by atoms with E-state index >= 15 is 0 Å². The summed E-state index contributed by atoms with van der Waals surface area (Å²) in [5.41, 5.74) is 6.87. The molecule has 10 nitrogen and oxygen atoms in total. The number of pyridine rings is 1. The summed E-state index contributed by atoms with van der Waals surface area (Å²) in [6, 6.07) is 2.71. The molecule has 1 saturated carbocycles. The number of aliphatic hydroxyl groups excluding tert-OH is 1. The smallest absolute Gasteiger partial charge is 0.223 e. The third-order valence-corrected chi connectivity index (χ3v) is 6.76. The van der Waals surface area contributed by atoms with Gasteiger partial charge in [0, 0.05) is 37.3 Å². The molecular weight excluding hydrogens is 510 g/mol. The van der Waals surface area contributed by atoms with Crippen LogP contribution in [0.1, 0.15) is 85.3 Å². The van der Waals surface area contributed by atoms with Crippen LogP contribution in [0.3, 0.4) is 0 Å². The molecule has 224 valence electrons. The topological polar surface area (TPSA) is 147 Å². The highest BCUT2D eigenvalue weighted by molar-refractivity contribution is 5.82. The Labute approximate surface area is 239 Å². The van der Waals surface area contributed by atoms with Gasteiger partial charge in [0.15, 0.2) is 5.78 Å². The zero-order valence-electron chi connectivity index (χ0n) is 25.4. The molecule has 4 atom stereocenters. The van der Waals surface area contributed by atoms with Crippen LogP contribution in [0.25, 0.3) is 0 Å². The number of aliphatic imine (C=N–C) groups is 1. The van der Waals surface area contributed by atoms with Crippen LogP contribution in [-0.2, 0) is 14.4 Å². The molecule has 1 aliphatic carbocycles. The average Bonchev–Trinajstić information content (AvgIpc) is 3.71. The number of nitrogens with two attached hydrogens (primary N) is 1. The zero-order chi connectivity index (χ0) is 30.6. The molecule has 0 radical (unpaired) electrons. The summed E-state index contributed by atoms with van der Waals surface area (Å²) in [7, 11) is 3.45. The Morgan fingerprint density at radius 1 is 1.32 bits per heavy atom. The fraction of sp³-hybridized carbons (Fsp3) is 0.633. The first kappa shape index (κ1) is 34.8. The lowest BCUT2D eigenvalue weighted by molar-refractivity contribution is -0.127. The Morgan fingerprint density at radius 2 is 1.95 bits per heavy atom. The van der Waals surface area contributed by atoms with Gasteiger partial charge >= 0.3 is 0 Å². The number of primary amides is 1. The standard InChI is InChI=1S/C16H25N3O4.C14H24N2O/c1-4-12(20)7-10(2)16(22)19-13(8-14(17)21)11-5-6-15(23-3)18-9-11;1-10(17)13(14(2,3)4)16(6)9-12(15-5)11-7-8-11/h5-6,9-10,12-13,20H,4,7-8H2,1-3H3,(H2,17,21)(H,19,22);9,11,13H,5,7-8H2,1-4,6H3/b;12-9-. The molecule has 4 unspecified atom stereocenters. The van der Waals surface area contributed by atoms with E-state index in [1.165, 1.54) is 26.1 Å². The molecule has 4 N–H and O–H groups in total. The number of carbonyl (C=O) groups is 3. The Kier molecular flexibility index (Phi) is 14.0. The van der Waals surface area contributed by atoms with Crippen molar-refractivity contribution in [3.05, 3.63) is 35.8 Å². The highest BCUT2D eigenvalue weighted by Gasteiger charge is 2.33. The number of allylic oxidation sites excluding steroid dienone is 1. The van der Waals surface area contributed by atoms with E-state index in [0.717, 1.165) is 5.70 Å². The van der Waals surface area contributed by atoms with E-state index in [9.17, 15) is 19.5 Å². The van der Waals surface area contributed by atoms with Gasteiger partial charge in [0.2, 0.25) is 17.7 Å². The first-order valence-corrected chi connectivity index (χ1v) is 13.8. The van der Waals surface area contributed by atoms with Crippen molar-refractivity contribution in [2.24, 2.45) is 28.0 Å². The summed E-state index contributed by atoms with van der Waals surface area (Å²) in [5, 5.41) is 12.5. The van der Waals surface area contributed by atoms with Crippen molar-refractivity contribution in [2.75, 3.05) is 14.2 Å². The van der Waals surface area contributed by atoms with Gasteiger partial charge in [-0.15, -0.1) is 0 Å². The highest BCUT2D eigenvalue weighted by atomic mass is 16.5. The second-order valence-corrected chi connectivity index (χ2v) is 11.6. The third kappa shape index (κ3) is 11.9. The van der Waals surface area contributed by atoms with Crippen LogP contribution < -0.4 is 15.8 Å². The molecule has 1 heterocycles. The molecule has 0 saturated heterocycles. The van der Waals surface area contributed by atoms with Gasteiger partial charge in [0.25, 0.3) is 0 Å². The maximum atomic E-state index is 12.3. The number of Topliss-reactive ketones (excluding diaryl/α,β-unsaturated/α-hetero) is 1. The third-order valence-electron chi connectivity index (χ3n) is 6.76. The molecular formula is C30H49N5O5. The molecule has 1 fully saturated rings. The molecule has 1 aliphatic rings. The number of rotatable bonds is 14. The summed E-state index contributed by atoms with van der Waals surface area (Å²) in [6.07, 6.45) is 6.33. The first-order valence-electron chi connectivity index (χ1n) is 13.8. The molecule has 0 aliphatic heterocycles. The molecule has 1 aromatic heterocycles. The van der Waals surface area contributed by atoms with Gasteiger partial charge in [-0.05, 0) is 50.3 Å². The Balaban J connectivity index is 0.000000418. The van der Waals surface area contributed by atoms with Crippen molar-refractivity contribution >= 4 is 24.3 Å². The van der Waals surface area contributed by atoms with Gasteiger partial charge < -0.3 is 25.8 Å². The highest BCUT2D eigenvalue weighted by Crippen LogP contribution is 2.37. The van der Waals surface area contributed by atoms with Gasteiger partial charge in [-0.2, -0.15) is 0 Å². The molecule has 2 rings (SSSR count). The Bertz CT molecular complexity index is 1010. The van der Waals surface area contributed by atoms with E-state index in [-0.39, 0.29) is 35.5 Å². The number of nitrogens with one attached hydrogen (secondary N) is 1. The van der Waals surface area contributed by atoms with E-state index in [4.69, 9.17) is 10.5 Å². The van der Waals surface area contributed by atoms with Crippen LogP contribution in [0.15, 0.2) is 35.2 Å². The number of aliphatic hydroxyl groups is 1. The van der Waals surface area contributed by atoms with Crippen LogP contribution in [-0.4, -0.2) is 65.6 Å². The second-order valence-electron chi connectivity index (χ2n) is 11.6. The monoisotopic (exact) mass is 559 g/mol. The van der Waals surface area contributed by atoms with Gasteiger partial charge in [-0.1, -0.05) is 40.7 Å². The van der Waals surface area contributed by atoms with Crippen molar-refractivity contribution in [1.29, 1.82) is 0 Å². The van der Waals surface area contributed by atoms with Crippen LogP contribution in [0, 0.1) is 17.3 Å². The van der Waals surface area contributed by atoms with E-state index in [1.807, 2.05) is 25.1 Å². The molecule has 2 amide bonds. The fourth-order valence-electron chi connectivity index (χ4n) is 4.61. The number of carbonyl (C=O) groups excluding carboxylic acids is 3. The van der Waals surface area contributed by atoms with E-state index in [2.05, 4.69) is 42.8 Å². The van der Waals surface area contributed by atoms with Gasteiger partial charge in [0.05, 0.1) is 37.4 Å². The normalized spacial score (nSPS) is 16.4. The maximum Gasteiger partial charge on any atom is 0.223 e. The minimum atomic E-state index is -0.556. The Morgan fingerprint density at radius 3 is 2.35 bits per heavy atom. The lowest BCUT2D eigenvalue weighted by Crippen LogP contribution is -2.44. The van der Waals surface area contributed by atoms with Crippen molar-refractivity contribution in [3.8, 4) is 5.88 Å². The van der Waals surface area contributed by atoms with Crippen LogP contribution in [0.4, 0.5) is 0 Å². The van der Waals surface area contributed by atoms with E-state index in [0.29, 0.717) is 30.2 Å².